The highest BCUT2D eigenvalue weighted by Gasteiger charge is 2.20. The fourth-order valence-electron chi connectivity index (χ4n) is 0.433. The number of hydrogen-bond donors (Lipinski definition) is 0. The molecular formula is C7H17O+. The molecule has 0 aliphatic heterocycles. The summed E-state index contributed by atoms with van der Waals surface area (Å²) in [6, 6.07) is 0. The molecule has 0 rings (SSSR count). The maximum atomic E-state index is 3.04. The van der Waals surface area contributed by atoms with Gasteiger partial charge in [0.25, 0.3) is 0 Å². The van der Waals surface area contributed by atoms with Crippen molar-refractivity contribution in [3.05, 3.63) is 0 Å². The first-order chi connectivity index (χ1) is 3.48. The number of hydrogen-bond acceptors (Lipinski definition) is 0. The van der Waals surface area contributed by atoms with E-state index in [-0.39, 0.29) is 5.60 Å². The van der Waals surface area contributed by atoms with Crippen molar-refractivity contribution in [1.29, 1.82) is 0 Å². The molecule has 0 saturated heterocycles. The summed E-state index contributed by atoms with van der Waals surface area (Å²) in [4.78, 5) is 0. The van der Waals surface area contributed by atoms with Crippen molar-refractivity contribution >= 4 is 0 Å². The van der Waals surface area contributed by atoms with Gasteiger partial charge in [-0.3, -0.25) is 0 Å². The van der Waals surface area contributed by atoms with Crippen molar-refractivity contribution in [2.45, 2.75) is 33.3 Å². The Morgan fingerprint density at radius 3 is 1.62 bits per heavy atom. The van der Waals surface area contributed by atoms with E-state index in [4.69, 9.17) is 0 Å². The molecule has 0 heterocycles. The quantitative estimate of drug-likeness (QED) is 0.462. The fourth-order valence-corrected chi connectivity index (χ4v) is 0.433. The van der Waals surface area contributed by atoms with E-state index in [1.54, 1.807) is 0 Å². The van der Waals surface area contributed by atoms with E-state index < -0.39 is 0 Å². The van der Waals surface area contributed by atoms with Gasteiger partial charge >= 0.3 is 0 Å². The minimum absolute atomic E-state index is 0.259. The summed E-state index contributed by atoms with van der Waals surface area (Å²) in [6.45, 7) is 9.73. The summed E-state index contributed by atoms with van der Waals surface area (Å²) in [6.07, 6.45) is 0. The lowest BCUT2D eigenvalue weighted by molar-refractivity contribution is -0.193. The lowest BCUT2D eigenvalue weighted by atomic mass is 10.2. The molecule has 0 bridgehead atoms. The highest BCUT2D eigenvalue weighted by Crippen LogP contribution is 2.13. The van der Waals surface area contributed by atoms with Gasteiger partial charge < -0.3 is 4.37 Å². The lowest BCUT2D eigenvalue weighted by Gasteiger charge is -2.26. The van der Waals surface area contributed by atoms with Gasteiger partial charge in [-0.05, 0) is 0 Å². The molecule has 50 valence electrons. The third kappa shape index (κ3) is 2.31. The van der Waals surface area contributed by atoms with E-state index in [0.29, 0.717) is 0 Å². The van der Waals surface area contributed by atoms with Crippen LogP contribution in [-0.2, 0) is 4.37 Å². The molecule has 0 aliphatic carbocycles. The van der Waals surface area contributed by atoms with Gasteiger partial charge in [-0.2, -0.15) is 0 Å². The predicted molar refractivity (Wildman–Crippen MR) is 37.3 cm³/mol. The summed E-state index contributed by atoms with van der Waals surface area (Å²) in [5.74, 6) is 0. The van der Waals surface area contributed by atoms with Gasteiger partial charge in [-0.25, -0.2) is 0 Å². The van der Waals surface area contributed by atoms with E-state index in [2.05, 4.69) is 39.2 Å². The molecule has 0 amide bonds. The van der Waals surface area contributed by atoms with Crippen LogP contribution in [0.15, 0.2) is 0 Å². The Bertz CT molecular complexity index is 61.3. The Balaban J connectivity index is 3.62. The molecule has 0 aromatic carbocycles. The second kappa shape index (κ2) is 2.49. The van der Waals surface area contributed by atoms with Crippen LogP contribution in [0, 0.1) is 0 Å². The number of rotatable bonds is 1. The van der Waals surface area contributed by atoms with Crippen LogP contribution in [0.3, 0.4) is 0 Å². The SMILES string of the molecule is CC[O+](C)C(C)(C)C. The molecule has 0 aromatic rings. The average Bonchev–Trinajstić information content (AvgIpc) is 1.62. The zero-order valence-corrected chi connectivity index (χ0v) is 6.62. The summed E-state index contributed by atoms with van der Waals surface area (Å²) >= 11 is 0. The summed E-state index contributed by atoms with van der Waals surface area (Å²) in [5, 5.41) is 0. The zero-order chi connectivity index (χ0) is 6.78. The molecule has 0 N–H and O–H groups in total. The monoisotopic (exact) mass is 117 g/mol. The third-order valence-corrected chi connectivity index (χ3v) is 1.48. The minimum Gasteiger partial charge on any atom is -0.420 e. The topological polar surface area (TPSA) is 2.70 Å². The molecule has 1 heteroatoms. The van der Waals surface area contributed by atoms with Gasteiger partial charge in [0, 0.05) is 27.7 Å². The van der Waals surface area contributed by atoms with Crippen molar-refractivity contribution < 1.29 is 4.37 Å². The fraction of sp³-hybridized carbons (Fsp3) is 1.00. The normalized spacial score (nSPS) is 12.8. The van der Waals surface area contributed by atoms with Crippen molar-refractivity contribution in [2.24, 2.45) is 0 Å². The average molecular weight is 117 g/mol. The molecule has 0 aliphatic rings. The van der Waals surface area contributed by atoms with Gasteiger partial charge in [-0.15, -0.1) is 0 Å². The van der Waals surface area contributed by atoms with Crippen molar-refractivity contribution in [3.8, 4) is 0 Å². The van der Waals surface area contributed by atoms with Gasteiger partial charge in [0.05, 0.1) is 0 Å². The summed E-state index contributed by atoms with van der Waals surface area (Å²) in [7, 11) is 2.06. The predicted octanol–water partition coefficient (Wildman–Crippen LogP) is 1.99. The molecule has 0 saturated carbocycles. The smallest absolute Gasteiger partial charge is 0.156 e. The molecule has 0 spiro atoms. The second-order valence-electron chi connectivity index (χ2n) is 3.04. The maximum Gasteiger partial charge on any atom is 0.156 e. The van der Waals surface area contributed by atoms with Gasteiger partial charge in [0.1, 0.15) is 13.7 Å². The van der Waals surface area contributed by atoms with Crippen LogP contribution in [-0.4, -0.2) is 19.3 Å². The molecule has 8 heavy (non-hydrogen) atoms. The first-order valence-electron chi connectivity index (χ1n) is 3.11. The summed E-state index contributed by atoms with van der Waals surface area (Å²) < 4.78 is 3.04. The van der Waals surface area contributed by atoms with E-state index in [0.717, 1.165) is 6.61 Å². The van der Waals surface area contributed by atoms with E-state index in [9.17, 15) is 0 Å². The Labute approximate surface area is 52.4 Å². The second-order valence-corrected chi connectivity index (χ2v) is 3.04. The molecular weight excluding hydrogens is 100 g/mol. The Morgan fingerprint density at radius 1 is 1.25 bits per heavy atom. The Morgan fingerprint density at radius 2 is 1.62 bits per heavy atom. The lowest BCUT2D eigenvalue weighted by Crippen LogP contribution is -2.30. The van der Waals surface area contributed by atoms with Crippen molar-refractivity contribution in [1.82, 2.24) is 0 Å². The first kappa shape index (κ1) is 7.96. The van der Waals surface area contributed by atoms with E-state index in [1.807, 2.05) is 0 Å². The van der Waals surface area contributed by atoms with Crippen LogP contribution in [0.2, 0.25) is 0 Å². The zero-order valence-electron chi connectivity index (χ0n) is 6.62. The van der Waals surface area contributed by atoms with Crippen LogP contribution in [0.25, 0.3) is 0 Å². The van der Waals surface area contributed by atoms with Gasteiger partial charge in [0.2, 0.25) is 0 Å². The Hall–Kier alpha value is -0.0400. The van der Waals surface area contributed by atoms with Crippen LogP contribution in [0.4, 0.5) is 0 Å². The van der Waals surface area contributed by atoms with Gasteiger partial charge in [-0.1, -0.05) is 0 Å². The largest absolute Gasteiger partial charge is 0.420 e. The molecule has 0 aromatic heterocycles. The van der Waals surface area contributed by atoms with E-state index >= 15 is 0 Å². The van der Waals surface area contributed by atoms with Crippen molar-refractivity contribution in [3.63, 3.8) is 0 Å². The van der Waals surface area contributed by atoms with Crippen LogP contribution in [0.1, 0.15) is 27.7 Å². The maximum absolute atomic E-state index is 3.04. The minimum atomic E-state index is 0.259. The summed E-state index contributed by atoms with van der Waals surface area (Å²) in [5.41, 5.74) is 0.259. The molecule has 0 atom stereocenters. The van der Waals surface area contributed by atoms with Crippen LogP contribution >= 0.6 is 0 Å². The van der Waals surface area contributed by atoms with Gasteiger partial charge in [0.15, 0.2) is 5.60 Å². The molecule has 0 unspecified atom stereocenters. The van der Waals surface area contributed by atoms with Crippen LogP contribution < -0.4 is 0 Å². The molecule has 1 nitrogen and oxygen atoms in total. The first-order valence-corrected chi connectivity index (χ1v) is 3.11. The highest BCUT2D eigenvalue weighted by atomic mass is 16.7. The van der Waals surface area contributed by atoms with Crippen molar-refractivity contribution in [2.75, 3.05) is 13.7 Å². The standard InChI is InChI=1S/C7H17O/c1-6-8(5)7(2,3)4/h6H2,1-5H3/q+1. The molecule has 0 fully saturated rings. The third-order valence-electron chi connectivity index (χ3n) is 1.48. The highest BCUT2D eigenvalue weighted by molar-refractivity contribution is 4.61. The van der Waals surface area contributed by atoms with E-state index in [1.165, 1.54) is 0 Å². The van der Waals surface area contributed by atoms with Crippen LogP contribution in [0.5, 0.6) is 0 Å². The molecule has 0 radical (unpaired) electrons. The Kier molecular flexibility index (Phi) is 2.48.